The molecule has 23 heavy (non-hydrogen) atoms. The number of carbonyl (C=O) groups is 2. The van der Waals surface area contributed by atoms with Crippen LogP contribution < -0.4 is 4.90 Å². The number of benzene rings is 2. The molecule has 2 aromatic carbocycles. The summed E-state index contributed by atoms with van der Waals surface area (Å²) in [7, 11) is 0. The number of hydrogen-bond acceptors (Lipinski definition) is 3. The average Bonchev–Trinajstić information content (AvgIpc) is 2.92. The molecule has 1 amide bonds. The Morgan fingerprint density at radius 3 is 2.65 bits per heavy atom. The second-order valence-corrected chi connectivity index (χ2v) is 5.68. The van der Waals surface area contributed by atoms with Crippen molar-refractivity contribution in [2.75, 3.05) is 4.90 Å². The van der Waals surface area contributed by atoms with Gasteiger partial charge in [0.25, 0.3) is 0 Å². The summed E-state index contributed by atoms with van der Waals surface area (Å²) in [6, 6.07) is 13.2. The number of carboxylic acid groups (broad SMARTS) is 1. The number of halogens is 1. The maximum Gasteiger partial charge on any atom is 0.415 e. The van der Waals surface area contributed by atoms with Crippen molar-refractivity contribution in [1.82, 2.24) is 0 Å². The van der Waals surface area contributed by atoms with Crippen molar-refractivity contribution in [3.8, 4) is 0 Å². The van der Waals surface area contributed by atoms with Gasteiger partial charge in [-0.15, -0.1) is 0 Å². The molecule has 1 aliphatic heterocycles. The van der Waals surface area contributed by atoms with Crippen LogP contribution in [0.4, 0.5) is 10.5 Å². The molecule has 1 aliphatic rings. The van der Waals surface area contributed by atoms with Gasteiger partial charge in [0.05, 0.1) is 5.69 Å². The molecule has 1 atom stereocenters. The maximum atomic E-state index is 12.4. The van der Waals surface area contributed by atoms with Gasteiger partial charge in [-0.3, -0.25) is 4.90 Å². The Kier molecular flexibility index (Phi) is 4.21. The highest BCUT2D eigenvalue weighted by Crippen LogP contribution is 2.34. The first-order valence-corrected chi connectivity index (χ1v) is 7.45. The van der Waals surface area contributed by atoms with Gasteiger partial charge >= 0.3 is 12.1 Å². The topological polar surface area (TPSA) is 66.8 Å². The smallest absolute Gasteiger partial charge is 0.415 e. The Balaban J connectivity index is 1.81. The maximum absolute atomic E-state index is 12.4. The van der Waals surface area contributed by atoms with Gasteiger partial charge in [-0.25, -0.2) is 9.59 Å². The van der Waals surface area contributed by atoms with Gasteiger partial charge < -0.3 is 9.84 Å². The van der Waals surface area contributed by atoms with Gasteiger partial charge in [-0.05, 0) is 29.3 Å². The van der Waals surface area contributed by atoms with Crippen molar-refractivity contribution < 1.29 is 19.4 Å². The normalized spacial score (nSPS) is 16.0. The molecule has 0 spiro atoms. The minimum absolute atomic E-state index is 0.0887. The van der Waals surface area contributed by atoms with Crippen molar-refractivity contribution in [2.45, 2.75) is 19.1 Å². The van der Waals surface area contributed by atoms with Crippen molar-refractivity contribution in [1.29, 1.82) is 0 Å². The van der Waals surface area contributed by atoms with E-state index in [9.17, 15) is 14.7 Å². The third-order valence-corrected chi connectivity index (χ3v) is 3.95. The van der Waals surface area contributed by atoms with Gasteiger partial charge in [0.1, 0.15) is 12.6 Å². The number of fused-ring (bicyclic) bond motifs is 1. The summed E-state index contributed by atoms with van der Waals surface area (Å²) in [5.74, 6) is -1.08. The number of anilines is 1. The minimum Gasteiger partial charge on any atom is -0.480 e. The SMILES string of the molecule is O=C(O)[C@@H]1Cc2cc(Cl)ccc2N1C(=O)OCc1ccccc1. The number of ether oxygens (including phenoxy) is 1. The number of carbonyl (C=O) groups excluding carboxylic acids is 1. The third kappa shape index (κ3) is 3.14. The fraction of sp³-hybridized carbons (Fsp3) is 0.176. The number of carboxylic acids is 1. The van der Waals surface area contributed by atoms with Gasteiger partial charge in [0, 0.05) is 11.4 Å². The molecule has 0 aliphatic carbocycles. The summed E-state index contributed by atoms with van der Waals surface area (Å²) >= 11 is 5.94. The second-order valence-electron chi connectivity index (χ2n) is 5.24. The zero-order valence-electron chi connectivity index (χ0n) is 12.1. The molecule has 5 nitrogen and oxygen atoms in total. The fourth-order valence-corrected chi connectivity index (χ4v) is 2.83. The summed E-state index contributed by atoms with van der Waals surface area (Å²) in [5, 5.41) is 9.88. The van der Waals surface area contributed by atoms with Crippen LogP contribution in [0.1, 0.15) is 11.1 Å². The lowest BCUT2D eigenvalue weighted by atomic mass is 10.1. The summed E-state index contributed by atoms with van der Waals surface area (Å²) in [4.78, 5) is 25.0. The lowest BCUT2D eigenvalue weighted by Crippen LogP contribution is -2.43. The molecule has 0 radical (unpaired) electrons. The molecule has 0 saturated carbocycles. The zero-order valence-corrected chi connectivity index (χ0v) is 12.9. The predicted octanol–water partition coefficient (Wildman–Crippen LogP) is 3.49. The first kappa shape index (κ1) is 15.4. The van der Waals surface area contributed by atoms with Crippen molar-refractivity contribution in [3.63, 3.8) is 0 Å². The number of hydrogen-bond donors (Lipinski definition) is 1. The van der Waals surface area contributed by atoms with E-state index < -0.39 is 18.1 Å². The van der Waals surface area contributed by atoms with Crippen LogP contribution >= 0.6 is 11.6 Å². The van der Waals surface area contributed by atoms with E-state index in [1.807, 2.05) is 30.3 Å². The van der Waals surface area contributed by atoms with E-state index in [4.69, 9.17) is 16.3 Å². The molecular formula is C17H14ClNO4. The van der Waals surface area contributed by atoms with E-state index in [0.29, 0.717) is 10.7 Å². The minimum atomic E-state index is -1.08. The molecular weight excluding hydrogens is 318 g/mol. The standard InChI is InChI=1S/C17H14ClNO4/c18-13-6-7-14-12(8-13)9-15(16(20)21)19(14)17(22)23-10-11-4-2-1-3-5-11/h1-8,15H,9-10H2,(H,20,21)/t15-/m0/s1. The first-order valence-electron chi connectivity index (χ1n) is 7.07. The molecule has 0 fully saturated rings. The Labute approximate surface area is 138 Å². The number of amides is 1. The first-order chi connectivity index (χ1) is 11.1. The highest BCUT2D eigenvalue weighted by Gasteiger charge is 2.39. The van der Waals surface area contributed by atoms with Gasteiger partial charge in [-0.1, -0.05) is 41.9 Å². The average molecular weight is 332 g/mol. The predicted molar refractivity (Wildman–Crippen MR) is 85.7 cm³/mol. The summed E-state index contributed by atoms with van der Waals surface area (Å²) in [6.07, 6.45) is -0.464. The van der Waals surface area contributed by atoms with E-state index in [1.54, 1.807) is 18.2 Å². The van der Waals surface area contributed by atoms with Crippen LogP contribution in [-0.2, 0) is 22.6 Å². The lowest BCUT2D eigenvalue weighted by molar-refractivity contribution is -0.138. The van der Waals surface area contributed by atoms with Gasteiger partial charge in [0.2, 0.25) is 0 Å². The summed E-state index contributed by atoms with van der Waals surface area (Å²) in [6.45, 7) is 0.0887. The number of nitrogens with zero attached hydrogens (tertiary/aromatic N) is 1. The Hall–Kier alpha value is -2.53. The van der Waals surface area contributed by atoms with E-state index in [0.717, 1.165) is 11.1 Å². The number of rotatable bonds is 3. The van der Waals surface area contributed by atoms with E-state index in [-0.39, 0.29) is 13.0 Å². The molecule has 0 bridgehead atoms. The largest absolute Gasteiger partial charge is 0.480 e. The Bertz CT molecular complexity index is 748. The summed E-state index contributed by atoms with van der Waals surface area (Å²) < 4.78 is 5.27. The van der Waals surface area contributed by atoms with Gasteiger partial charge in [-0.2, -0.15) is 0 Å². The van der Waals surface area contributed by atoms with Crippen LogP contribution in [0.2, 0.25) is 5.02 Å². The molecule has 118 valence electrons. The van der Waals surface area contributed by atoms with Crippen LogP contribution in [0, 0.1) is 0 Å². The Morgan fingerprint density at radius 2 is 1.96 bits per heavy atom. The van der Waals surface area contributed by atoms with Crippen LogP contribution in [-0.4, -0.2) is 23.2 Å². The highest BCUT2D eigenvalue weighted by atomic mass is 35.5. The quantitative estimate of drug-likeness (QED) is 0.934. The van der Waals surface area contributed by atoms with Crippen molar-refractivity contribution in [3.05, 3.63) is 64.7 Å². The molecule has 1 heterocycles. The van der Waals surface area contributed by atoms with E-state index >= 15 is 0 Å². The number of aliphatic carboxylic acids is 1. The van der Waals surface area contributed by atoms with Crippen LogP contribution in [0.5, 0.6) is 0 Å². The molecule has 0 aromatic heterocycles. The third-order valence-electron chi connectivity index (χ3n) is 3.71. The van der Waals surface area contributed by atoms with Crippen molar-refractivity contribution in [2.24, 2.45) is 0 Å². The lowest BCUT2D eigenvalue weighted by Gasteiger charge is -2.22. The molecule has 0 saturated heterocycles. The molecule has 3 rings (SSSR count). The highest BCUT2D eigenvalue weighted by molar-refractivity contribution is 6.30. The summed E-state index contributed by atoms with van der Waals surface area (Å²) in [5.41, 5.74) is 2.09. The van der Waals surface area contributed by atoms with Crippen LogP contribution in [0.15, 0.2) is 48.5 Å². The van der Waals surface area contributed by atoms with Crippen LogP contribution in [0.3, 0.4) is 0 Å². The Morgan fingerprint density at radius 1 is 1.22 bits per heavy atom. The van der Waals surface area contributed by atoms with E-state index in [1.165, 1.54) is 4.90 Å². The molecule has 1 N–H and O–H groups in total. The monoisotopic (exact) mass is 331 g/mol. The van der Waals surface area contributed by atoms with Crippen molar-refractivity contribution >= 4 is 29.4 Å². The molecule has 2 aromatic rings. The van der Waals surface area contributed by atoms with Gasteiger partial charge in [0.15, 0.2) is 0 Å². The molecule has 0 unspecified atom stereocenters. The zero-order chi connectivity index (χ0) is 16.4. The molecule has 6 heteroatoms. The van der Waals surface area contributed by atoms with E-state index in [2.05, 4.69) is 0 Å². The second kappa shape index (κ2) is 6.30. The van der Waals surface area contributed by atoms with Crippen LogP contribution in [0.25, 0.3) is 0 Å². The fourth-order valence-electron chi connectivity index (χ4n) is 2.63.